The molecule has 0 aliphatic carbocycles. The second kappa shape index (κ2) is 15.7. The molecule has 0 saturated carbocycles. The number of carbonyl (C=O) groups excluding carboxylic acids is 1. The lowest BCUT2D eigenvalue weighted by Gasteiger charge is -2.18. The summed E-state index contributed by atoms with van der Waals surface area (Å²) in [5.74, 6) is 0. The van der Waals surface area contributed by atoms with Crippen LogP contribution in [-0.2, 0) is 9.47 Å². The largest absolute Gasteiger partial charge is 0.508 e. The van der Waals surface area contributed by atoms with Crippen molar-refractivity contribution >= 4 is 6.16 Å². The van der Waals surface area contributed by atoms with Crippen LogP contribution in [0.1, 0.15) is 103 Å². The van der Waals surface area contributed by atoms with E-state index in [1.807, 2.05) is 30.3 Å². The Morgan fingerprint density at radius 1 is 0.808 bits per heavy atom. The lowest BCUT2D eigenvalue weighted by molar-refractivity contribution is 0.0182. The summed E-state index contributed by atoms with van der Waals surface area (Å²) in [6.45, 7) is 4.89. The fraction of sp³-hybridized carbons (Fsp3) is 0.696. The highest BCUT2D eigenvalue weighted by atomic mass is 16.7. The number of benzene rings is 1. The third kappa shape index (κ3) is 11.2. The first-order valence-corrected chi connectivity index (χ1v) is 10.7. The molecule has 0 aromatic heterocycles. The Morgan fingerprint density at radius 3 is 2.04 bits per heavy atom. The van der Waals surface area contributed by atoms with E-state index in [4.69, 9.17) is 9.47 Å². The zero-order valence-electron chi connectivity index (χ0n) is 16.9. The Morgan fingerprint density at radius 2 is 1.38 bits per heavy atom. The van der Waals surface area contributed by atoms with Crippen molar-refractivity contribution in [2.24, 2.45) is 0 Å². The summed E-state index contributed by atoms with van der Waals surface area (Å²) in [6, 6.07) is 10.0. The maximum Gasteiger partial charge on any atom is 0.508 e. The second-order valence-corrected chi connectivity index (χ2v) is 7.09. The molecule has 1 atom stereocenters. The molecule has 1 rings (SSSR count). The van der Waals surface area contributed by atoms with E-state index in [2.05, 4.69) is 13.8 Å². The highest BCUT2D eigenvalue weighted by molar-refractivity contribution is 5.60. The minimum Gasteiger partial charge on any atom is -0.434 e. The topological polar surface area (TPSA) is 35.5 Å². The van der Waals surface area contributed by atoms with Crippen LogP contribution in [-0.4, -0.2) is 12.8 Å². The Balaban J connectivity index is 2.31. The molecule has 26 heavy (non-hydrogen) atoms. The monoisotopic (exact) mass is 362 g/mol. The van der Waals surface area contributed by atoms with E-state index in [1.54, 1.807) is 0 Å². The molecule has 0 amide bonds. The first-order chi connectivity index (χ1) is 12.8. The van der Waals surface area contributed by atoms with Gasteiger partial charge < -0.3 is 9.47 Å². The summed E-state index contributed by atoms with van der Waals surface area (Å²) in [5.41, 5.74) is 1.06. The number of rotatable bonds is 15. The molecule has 0 radical (unpaired) electrons. The zero-order chi connectivity index (χ0) is 18.9. The molecular formula is C23H38O3. The number of hydrogen-bond donors (Lipinski definition) is 0. The van der Waals surface area contributed by atoms with Crippen LogP contribution in [0.4, 0.5) is 4.79 Å². The van der Waals surface area contributed by atoms with Gasteiger partial charge >= 0.3 is 6.16 Å². The molecule has 1 unspecified atom stereocenters. The van der Waals surface area contributed by atoms with E-state index in [0.717, 1.165) is 31.2 Å². The molecule has 0 aliphatic heterocycles. The predicted molar refractivity (Wildman–Crippen MR) is 108 cm³/mol. The van der Waals surface area contributed by atoms with Crippen LogP contribution in [0.3, 0.4) is 0 Å². The molecule has 3 heteroatoms. The van der Waals surface area contributed by atoms with Gasteiger partial charge in [0, 0.05) is 0 Å². The molecule has 148 valence electrons. The molecule has 1 aromatic rings. The predicted octanol–water partition coefficient (Wildman–Crippen LogP) is 7.60. The summed E-state index contributed by atoms with van der Waals surface area (Å²) >= 11 is 0. The highest BCUT2D eigenvalue weighted by Gasteiger charge is 2.17. The van der Waals surface area contributed by atoms with E-state index < -0.39 is 6.16 Å². The third-order valence-corrected chi connectivity index (χ3v) is 4.70. The summed E-state index contributed by atoms with van der Waals surface area (Å²) < 4.78 is 10.9. The lowest BCUT2D eigenvalue weighted by Crippen LogP contribution is -2.14. The van der Waals surface area contributed by atoms with Crippen LogP contribution in [0, 0.1) is 0 Å². The van der Waals surface area contributed by atoms with Gasteiger partial charge in [-0.3, -0.25) is 0 Å². The van der Waals surface area contributed by atoms with Gasteiger partial charge in [0.2, 0.25) is 0 Å². The molecule has 0 spiro atoms. The minimum absolute atomic E-state index is 0.199. The quantitative estimate of drug-likeness (QED) is 0.238. The van der Waals surface area contributed by atoms with Gasteiger partial charge in [-0.05, 0) is 24.8 Å². The van der Waals surface area contributed by atoms with Gasteiger partial charge in [-0.2, -0.15) is 0 Å². The van der Waals surface area contributed by atoms with Crippen molar-refractivity contribution < 1.29 is 14.3 Å². The Hall–Kier alpha value is -1.51. The Kier molecular flexibility index (Phi) is 13.6. The van der Waals surface area contributed by atoms with Crippen LogP contribution in [0.25, 0.3) is 0 Å². The molecule has 0 saturated heterocycles. The summed E-state index contributed by atoms with van der Waals surface area (Å²) in [5, 5.41) is 0. The van der Waals surface area contributed by atoms with Crippen LogP contribution in [0.5, 0.6) is 0 Å². The van der Waals surface area contributed by atoms with Crippen molar-refractivity contribution in [3.63, 3.8) is 0 Å². The fourth-order valence-electron chi connectivity index (χ4n) is 3.08. The molecule has 1 aromatic carbocycles. The van der Waals surface area contributed by atoms with E-state index in [1.165, 1.54) is 51.4 Å². The second-order valence-electron chi connectivity index (χ2n) is 7.09. The van der Waals surface area contributed by atoms with Gasteiger partial charge in [0.15, 0.2) is 0 Å². The SMILES string of the molecule is CCCCCCCCOC(=O)OC(CCCCCCC)c1ccccc1. The standard InChI is InChI=1S/C23H38O3/c1-3-5-7-9-11-16-20-25-23(24)26-22(19-15-10-8-6-4-2)21-17-13-12-14-18-21/h12-14,17-18,22H,3-11,15-16,19-20H2,1-2H3. The molecule has 0 bridgehead atoms. The fourth-order valence-corrected chi connectivity index (χ4v) is 3.08. The maximum absolute atomic E-state index is 12.1. The van der Waals surface area contributed by atoms with E-state index >= 15 is 0 Å². The van der Waals surface area contributed by atoms with Crippen molar-refractivity contribution in [3.05, 3.63) is 35.9 Å². The van der Waals surface area contributed by atoms with Gasteiger partial charge in [0.05, 0.1) is 6.61 Å². The number of hydrogen-bond acceptors (Lipinski definition) is 3. The zero-order valence-corrected chi connectivity index (χ0v) is 16.9. The molecule has 0 heterocycles. The number of unbranched alkanes of at least 4 members (excludes halogenated alkanes) is 9. The van der Waals surface area contributed by atoms with Crippen LogP contribution >= 0.6 is 0 Å². The number of carbonyl (C=O) groups is 1. The highest BCUT2D eigenvalue weighted by Crippen LogP contribution is 2.25. The third-order valence-electron chi connectivity index (χ3n) is 4.70. The maximum atomic E-state index is 12.1. The first-order valence-electron chi connectivity index (χ1n) is 10.7. The molecule has 0 fully saturated rings. The van der Waals surface area contributed by atoms with Gasteiger partial charge in [-0.15, -0.1) is 0 Å². The van der Waals surface area contributed by atoms with E-state index in [0.29, 0.717) is 6.61 Å². The van der Waals surface area contributed by atoms with Crippen molar-refractivity contribution in [1.29, 1.82) is 0 Å². The molecule has 0 aliphatic rings. The minimum atomic E-state index is -0.527. The van der Waals surface area contributed by atoms with Crippen LogP contribution in [0.15, 0.2) is 30.3 Å². The molecular weight excluding hydrogens is 324 g/mol. The molecule has 3 nitrogen and oxygen atoms in total. The van der Waals surface area contributed by atoms with Crippen molar-refractivity contribution in [2.45, 2.75) is 97.0 Å². The van der Waals surface area contributed by atoms with Gasteiger partial charge in [0.25, 0.3) is 0 Å². The van der Waals surface area contributed by atoms with Crippen LogP contribution < -0.4 is 0 Å². The lowest BCUT2D eigenvalue weighted by atomic mass is 10.0. The summed E-state index contributed by atoms with van der Waals surface area (Å²) in [7, 11) is 0. The number of ether oxygens (including phenoxy) is 2. The average Bonchev–Trinajstić information content (AvgIpc) is 2.67. The Bertz CT molecular complexity index is 444. The van der Waals surface area contributed by atoms with E-state index in [9.17, 15) is 4.79 Å². The van der Waals surface area contributed by atoms with Gasteiger partial charge in [0.1, 0.15) is 6.10 Å². The Labute approximate surface area is 160 Å². The van der Waals surface area contributed by atoms with Crippen LogP contribution in [0.2, 0.25) is 0 Å². The first kappa shape index (κ1) is 22.5. The normalized spacial score (nSPS) is 11.9. The average molecular weight is 363 g/mol. The van der Waals surface area contributed by atoms with Crippen molar-refractivity contribution in [2.75, 3.05) is 6.61 Å². The summed E-state index contributed by atoms with van der Waals surface area (Å²) in [4.78, 5) is 12.1. The molecule has 0 N–H and O–H groups in total. The van der Waals surface area contributed by atoms with E-state index in [-0.39, 0.29) is 6.10 Å². The van der Waals surface area contributed by atoms with Gasteiger partial charge in [-0.25, -0.2) is 4.79 Å². The van der Waals surface area contributed by atoms with Crippen molar-refractivity contribution in [3.8, 4) is 0 Å². The van der Waals surface area contributed by atoms with Gasteiger partial charge in [-0.1, -0.05) is 102 Å². The smallest absolute Gasteiger partial charge is 0.434 e. The van der Waals surface area contributed by atoms with Crippen molar-refractivity contribution in [1.82, 2.24) is 0 Å². The summed E-state index contributed by atoms with van der Waals surface area (Å²) in [6.07, 6.45) is 13.2.